The van der Waals surface area contributed by atoms with Crippen molar-refractivity contribution in [1.29, 1.82) is 0 Å². The van der Waals surface area contributed by atoms with E-state index in [1.165, 1.54) is 30.0 Å². The Morgan fingerprint density at radius 2 is 1.90 bits per heavy atom. The standard InChI is InChI=1S/C14H29N3O3S/c1-17(10-2-8-15-14-6-7-14)21(18,19)16-9-3-11-20-12-13-4-5-13/h13-16H,2-12H2,1H3. The first-order valence-corrected chi connectivity index (χ1v) is 9.54. The number of hydrogen-bond acceptors (Lipinski definition) is 4. The minimum absolute atomic E-state index is 0.442. The molecule has 2 rings (SSSR count). The normalized spacial score (nSPS) is 19.3. The third-order valence-corrected chi connectivity index (χ3v) is 5.44. The summed E-state index contributed by atoms with van der Waals surface area (Å²) >= 11 is 0. The van der Waals surface area contributed by atoms with Crippen LogP contribution in [0, 0.1) is 5.92 Å². The number of nitrogens with zero attached hydrogens (tertiary/aromatic N) is 1. The molecule has 0 saturated heterocycles. The Morgan fingerprint density at radius 3 is 2.57 bits per heavy atom. The van der Waals surface area contributed by atoms with Gasteiger partial charge in [-0.3, -0.25) is 0 Å². The lowest BCUT2D eigenvalue weighted by Gasteiger charge is -2.17. The Hall–Kier alpha value is -0.210. The van der Waals surface area contributed by atoms with Gasteiger partial charge >= 0.3 is 0 Å². The second kappa shape index (κ2) is 8.43. The molecule has 21 heavy (non-hydrogen) atoms. The predicted octanol–water partition coefficient (Wildman–Crippen LogP) is 0.711. The molecule has 0 radical (unpaired) electrons. The van der Waals surface area contributed by atoms with Gasteiger partial charge in [-0.2, -0.15) is 12.7 Å². The molecule has 0 heterocycles. The van der Waals surface area contributed by atoms with Crippen LogP contribution >= 0.6 is 0 Å². The van der Waals surface area contributed by atoms with Crippen LogP contribution in [0.5, 0.6) is 0 Å². The monoisotopic (exact) mass is 319 g/mol. The van der Waals surface area contributed by atoms with Gasteiger partial charge in [0.05, 0.1) is 0 Å². The SMILES string of the molecule is CN(CCCNC1CC1)S(=O)(=O)NCCCOCC1CC1. The second-order valence-electron chi connectivity index (χ2n) is 6.17. The zero-order valence-electron chi connectivity index (χ0n) is 13.0. The highest BCUT2D eigenvalue weighted by Crippen LogP contribution is 2.28. The van der Waals surface area contributed by atoms with E-state index < -0.39 is 10.2 Å². The summed E-state index contributed by atoms with van der Waals surface area (Å²) in [5, 5.41) is 3.39. The molecule has 2 aliphatic rings. The molecule has 0 aliphatic heterocycles. The summed E-state index contributed by atoms with van der Waals surface area (Å²) in [5.41, 5.74) is 0. The largest absolute Gasteiger partial charge is 0.381 e. The van der Waals surface area contributed by atoms with E-state index >= 15 is 0 Å². The van der Waals surface area contributed by atoms with E-state index in [-0.39, 0.29) is 0 Å². The third kappa shape index (κ3) is 7.56. The Labute approximate surface area is 128 Å². The fourth-order valence-electron chi connectivity index (χ4n) is 2.04. The summed E-state index contributed by atoms with van der Waals surface area (Å²) in [6, 6.07) is 0.681. The van der Waals surface area contributed by atoms with Gasteiger partial charge in [0.25, 0.3) is 10.2 Å². The van der Waals surface area contributed by atoms with Crippen LogP contribution in [0.4, 0.5) is 0 Å². The molecule has 0 aromatic rings. The van der Waals surface area contributed by atoms with Gasteiger partial charge in [0.15, 0.2) is 0 Å². The molecule has 0 amide bonds. The molecule has 2 aliphatic carbocycles. The van der Waals surface area contributed by atoms with Gasteiger partial charge in [0.2, 0.25) is 0 Å². The van der Waals surface area contributed by atoms with E-state index in [1.807, 2.05) is 0 Å². The van der Waals surface area contributed by atoms with E-state index in [0.717, 1.165) is 31.9 Å². The van der Waals surface area contributed by atoms with Crippen LogP contribution < -0.4 is 10.0 Å². The Kier molecular flexibility index (Phi) is 6.88. The van der Waals surface area contributed by atoms with Gasteiger partial charge in [-0.15, -0.1) is 0 Å². The van der Waals surface area contributed by atoms with E-state index in [4.69, 9.17) is 4.74 Å². The minimum Gasteiger partial charge on any atom is -0.381 e. The lowest BCUT2D eigenvalue weighted by atomic mass is 10.4. The lowest BCUT2D eigenvalue weighted by molar-refractivity contribution is 0.123. The molecule has 7 heteroatoms. The molecule has 6 nitrogen and oxygen atoms in total. The van der Waals surface area contributed by atoms with Crippen molar-refractivity contribution in [3.05, 3.63) is 0 Å². The third-order valence-electron chi connectivity index (χ3n) is 3.87. The first kappa shape index (κ1) is 17.1. The number of hydrogen-bond donors (Lipinski definition) is 2. The van der Waals surface area contributed by atoms with Crippen LogP contribution in [0.2, 0.25) is 0 Å². The first-order chi connectivity index (χ1) is 10.1. The van der Waals surface area contributed by atoms with Crippen LogP contribution in [-0.4, -0.2) is 58.7 Å². The first-order valence-electron chi connectivity index (χ1n) is 8.10. The van der Waals surface area contributed by atoms with Gasteiger partial charge in [-0.05, 0) is 51.0 Å². The molecule has 0 spiro atoms. The maximum atomic E-state index is 12.0. The molecule has 124 valence electrons. The lowest BCUT2D eigenvalue weighted by Crippen LogP contribution is -2.40. The zero-order chi connectivity index (χ0) is 15.1. The van der Waals surface area contributed by atoms with Crippen molar-refractivity contribution in [2.24, 2.45) is 5.92 Å². The number of nitrogens with one attached hydrogen (secondary N) is 2. The molecule has 2 N–H and O–H groups in total. The maximum absolute atomic E-state index is 12.0. The summed E-state index contributed by atoms with van der Waals surface area (Å²) < 4.78 is 33.5. The van der Waals surface area contributed by atoms with Crippen molar-refractivity contribution >= 4 is 10.2 Å². The van der Waals surface area contributed by atoms with Gasteiger partial charge in [0.1, 0.15) is 0 Å². The maximum Gasteiger partial charge on any atom is 0.279 e. The highest BCUT2D eigenvalue weighted by atomic mass is 32.2. The van der Waals surface area contributed by atoms with E-state index in [2.05, 4.69) is 10.0 Å². The van der Waals surface area contributed by atoms with Gasteiger partial charge in [-0.1, -0.05) is 0 Å². The van der Waals surface area contributed by atoms with E-state index in [9.17, 15) is 8.42 Å². The Morgan fingerprint density at radius 1 is 1.14 bits per heavy atom. The van der Waals surface area contributed by atoms with Crippen LogP contribution in [0.1, 0.15) is 38.5 Å². The van der Waals surface area contributed by atoms with E-state index in [0.29, 0.717) is 25.7 Å². The Balaban J connectivity index is 1.47. The summed E-state index contributed by atoms with van der Waals surface area (Å²) in [5.74, 6) is 0.761. The number of rotatable bonds is 13. The molecule has 2 saturated carbocycles. The average molecular weight is 319 g/mol. The summed E-state index contributed by atoms with van der Waals surface area (Å²) in [6.07, 6.45) is 6.67. The summed E-state index contributed by atoms with van der Waals surface area (Å²) in [6.45, 7) is 3.35. The molecule has 0 atom stereocenters. The van der Waals surface area contributed by atoms with Crippen LogP contribution in [0.3, 0.4) is 0 Å². The smallest absolute Gasteiger partial charge is 0.279 e. The van der Waals surface area contributed by atoms with Crippen molar-refractivity contribution < 1.29 is 13.2 Å². The molecule has 0 aromatic heterocycles. The van der Waals surface area contributed by atoms with Gasteiger partial charge in [-0.25, -0.2) is 4.72 Å². The van der Waals surface area contributed by atoms with Gasteiger partial charge < -0.3 is 10.1 Å². The minimum atomic E-state index is -3.34. The second-order valence-corrected chi connectivity index (χ2v) is 8.04. The van der Waals surface area contributed by atoms with Crippen molar-refractivity contribution in [2.75, 3.05) is 39.9 Å². The average Bonchev–Trinajstić information content (AvgIpc) is 3.32. The fourth-order valence-corrected chi connectivity index (χ4v) is 3.03. The quantitative estimate of drug-likeness (QED) is 0.491. The molecule has 0 unspecified atom stereocenters. The molecule has 0 aromatic carbocycles. The zero-order valence-corrected chi connectivity index (χ0v) is 13.8. The molecular weight excluding hydrogens is 290 g/mol. The molecule has 0 bridgehead atoms. The van der Waals surface area contributed by atoms with E-state index in [1.54, 1.807) is 7.05 Å². The highest BCUT2D eigenvalue weighted by molar-refractivity contribution is 7.87. The molecule has 2 fully saturated rings. The van der Waals surface area contributed by atoms with Crippen LogP contribution in [-0.2, 0) is 14.9 Å². The van der Waals surface area contributed by atoms with Crippen molar-refractivity contribution in [3.8, 4) is 0 Å². The highest BCUT2D eigenvalue weighted by Gasteiger charge is 2.21. The topological polar surface area (TPSA) is 70.7 Å². The van der Waals surface area contributed by atoms with Crippen LogP contribution in [0.15, 0.2) is 0 Å². The van der Waals surface area contributed by atoms with Crippen molar-refractivity contribution in [2.45, 2.75) is 44.6 Å². The van der Waals surface area contributed by atoms with Crippen molar-refractivity contribution in [3.63, 3.8) is 0 Å². The summed E-state index contributed by atoms with van der Waals surface area (Å²) in [4.78, 5) is 0. The Bertz CT molecular complexity index is 394. The fraction of sp³-hybridized carbons (Fsp3) is 1.00. The van der Waals surface area contributed by atoms with Crippen LogP contribution in [0.25, 0.3) is 0 Å². The predicted molar refractivity (Wildman–Crippen MR) is 83.4 cm³/mol. The molecular formula is C14H29N3O3S. The summed E-state index contributed by atoms with van der Waals surface area (Å²) in [7, 11) is -1.71. The number of ether oxygens (including phenoxy) is 1. The van der Waals surface area contributed by atoms with Crippen molar-refractivity contribution in [1.82, 2.24) is 14.3 Å². The van der Waals surface area contributed by atoms with Gasteiger partial charge in [0, 0.05) is 39.4 Å².